The van der Waals surface area contributed by atoms with Crippen LogP contribution in [-0.4, -0.2) is 0 Å². The van der Waals surface area contributed by atoms with Crippen molar-refractivity contribution in [1.82, 2.24) is 0 Å². The first kappa shape index (κ1) is 11.4. The molecule has 0 heterocycles. The zero-order valence-corrected chi connectivity index (χ0v) is 9.84. The second-order valence-corrected chi connectivity index (χ2v) is 4.50. The van der Waals surface area contributed by atoms with Crippen LogP contribution in [-0.2, 0) is 0 Å². The summed E-state index contributed by atoms with van der Waals surface area (Å²) in [6, 6.07) is 13.9. The maximum atomic E-state index is 13.5. The largest absolute Gasteiger partial charge is 0.206 e. The van der Waals surface area contributed by atoms with Crippen LogP contribution in [0.3, 0.4) is 0 Å². The maximum absolute atomic E-state index is 13.5. The van der Waals surface area contributed by atoms with Crippen molar-refractivity contribution in [1.29, 1.82) is 0 Å². The van der Waals surface area contributed by atoms with E-state index in [-0.39, 0.29) is 5.82 Å². The van der Waals surface area contributed by atoms with Crippen molar-refractivity contribution in [3.63, 3.8) is 0 Å². The van der Waals surface area contributed by atoms with Crippen LogP contribution in [0.1, 0.15) is 10.4 Å². The topological polar surface area (TPSA) is 0 Å². The standard InChI is InChI=1S/C13H9Cl2F/c14-13(15)10-7-5-9(6-8-10)11-3-1-2-4-12(11)16/h1-8,13H. The Morgan fingerprint density at radius 2 is 1.50 bits per heavy atom. The van der Waals surface area contributed by atoms with E-state index in [1.807, 2.05) is 12.1 Å². The summed E-state index contributed by atoms with van der Waals surface area (Å²) in [6.45, 7) is 0. The Balaban J connectivity index is 2.39. The van der Waals surface area contributed by atoms with Crippen LogP contribution < -0.4 is 0 Å². The van der Waals surface area contributed by atoms with Crippen molar-refractivity contribution in [3.8, 4) is 11.1 Å². The summed E-state index contributed by atoms with van der Waals surface area (Å²) >= 11 is 11.4. The van der Waals surface area contributed by atoms with E-state index >= 15 is 0 Å². The van der Waals surface area contributed by atoms with Crippen LogP contribution in [0.2, 0.25) is 0 Å². The fourth-order valence-corrected chi connectivity index (χ4v) is 1.79. The zero-order valence-electron chi connectivity index (χ0n) is 8.33. The normalized spacial score (nSPS) is 10.8. The third-order valence-electron chi connectivity index (χ3n) is 2.35. The van der Waals surface area contributed by atoms with Gasteiger partial charge in [0.1, 0.15) is 10.7 Å². The molecular formula is C13H9Cl2F. The van der Waals surface area contributed by atoms with Crippen molar-refractivity contribution in [3.05, 3.63) is 59.9 Å². The van der Waals surface area contributed by atoms with Crippen molar-refractivity contribution in [2.24, 2.45) is 0 Å². The summed E-state index contributed by atoms with van der Waals surface area (Å²) in [5, 5.41) is 0. The van der Waals surface area contributed by atoms with E-state index in [9.17, 15) is 4.39 Å². The monoisotopic (exact) mass is 254 g/mol. The molecule has 0 saturated heterocycles. The zero-order chi connectivity index (χ0) is 11.5. The Morgan fingerprint density at radius 3 is 2.06 bits per heavy atom. The Morgan fingerprint density at radius 1 is 0.875 bits per heavy atom. The van der Waals surface area contributed by atoms with Gasteiger partial charge >= 0.3 is 0 Å². The first-order chi connectivity index (χ1) is 7.68. The molecule has 0 aromatic heterocycles. The molecule has 0 saturated carbocycles. The molecule has 2 aromatic rings. The van der Waals surface area contributed by atoms with Crippen LogP contribution in [0.25, 0.3) is 11.1 Å². The third-order valence-corrected chi connectivity index (χ3v) is 2.85. The highest BCUT2D eigenvalue weighted by molar-refractivity contribution is 6.44. The summed E-state index contributed by atoms with van der Waals surface area (Å²) in [5.74, 6) is -0.233. The highest BCUT2D eigenvalue weighted by Crippen LogP contribution is 2.28. The first-order valence-electron chi connectivity index (χ1n) is 4.81. The third kappa shape index (κ3) is 2.37. The minimum absolute atomic E-state index is 0.233. The summed E-state index contributed by atoms with van der Waals surface area (Å²) in [7, 11) is 0. The Kier molecular flexibility index (Phi) is 3.47. The predicted octanol–water partition coefficient (Wildman–Crippen LogP) is 4.97. The summed E-state index contributed by atoms with van der Waals surface area (Å²) in [6.07, 6.45) is 0. The molecular weight excluding hydrogens is 246 g/mol. The smallest absolute Gasteiger partial charge is 0.132 e. The first-order valence-corrected chi connectivity index (χ1v) is 5.69. The van der Waals surface area contributed by atoms with Crippen LogP contribution in [0, 0.1) is 5.82 Å². The van der Waals surface area contributed by atoms with Gasteiger partial charge in [0.2, 0.25) is 0 Å². The fraction of sp³-hybridized carbons (Fsp3) is 0.0769. The Hall–Kier alpha value is -1.05. The number of halogens is 3. The molecule has 0 bridgehead atoms. The van der Waals surface area contributed by atoms with Crippen molar-refractivity contribution in [2.45, 2.75) is 4.84 Å². The number of alkyl halides is 2. The van der Waals surface area contributed by atoms with Gasteiger partial charge in [-0.25, -0.2) is 4.39 Å². The van der Waals surface area contributed by atoms with E-state index in [0.717, 1.165) is 11.1 Å². The van der Waals surface area contributed by atoms with E-state index in [4.69, 9.17) is 23.2 Å². The second-order valence-electron chi connectivity index (χ2n) is 3.40. The van der Waals surface area contributed by atoms with Crippen LogP contribution in [0.15, 0.2) is 48.5 Å². The maximum Gasteiger partial charge on any atom is 0.132 e. The molecule has 0 fully saturated rings. The number of hydrogen-bond donors (Lipinski definition) is 0. The average Bonchev–Trinajstić information content (AvgIpc) is 2.30. The molecule has 0 unspecified atom stereocenters. The second kappa shape index (κ2) is 4.86. The van der Waals surface area contributed by atoms with E-state index < -0.39 is 4.84 Å². The molecule has 3 heteroatoms. The van der Waals surface area contributed by atoms with Crippen molar-refractivity contribution < 1.29 is 4.39 Å². The van der Waals surface area contributed by atoms with Crippen LogP contribution in [0.5, 0.6) is 0 Å². The lowest BCUT2D eigenvalue weighted by molar-refractivity contribution is 0.631. The molecule has 0 aliphatic heterocycles. The molecule has 16 heavy (non-hydrogen) atoms. The van der Waals surface area contributed by atoms with Gasteiger partial charge in [-0.1, -0.05) is 42.5 Å². The molecule has 0 spiro atoms. The molecule has 82 valence electrons. The molecule has 0 amide bonds. The molecule has 0 aliphatic carbocycles. The van der Waals surface area contributed by atoms with Gasteiger partial charge in [-0.3, -0.25) is 0 Å². The van der Waals surface area contributed by atoms with Gasteiger partial charge in [0.15, 0.2) is 0 Å². The van der Waals surface area contributed by atoms with E-state index in [1.54, 1.807) is 30.3 Å². The Bertz CT molecular complexity index is 478. The van der Waals surface area contributed by atoms with Gasteiger partial charge < -0.3 is 0 Å². The average molecular weight is 255 g/mol. The minimum atomic E-state index is -0.547. The molecule has 0 nitrogen and oxygen atoms in total. The number of rotatable bonds is 2. The van der Waals surface area contributed by atoms with Gasteiger partial charge in [-0.15, -0.1) is 23.2 Å². The van der Waals surface area contributed by atoms with Gasteiger partial charge in [0, 0.05) is 5.56 Å². The quantitative estimate of drug-likeness (QED) is 0.664. The number of benzene rings is 2. The molecule has 0 N–H and O–H groups in total. The van der Waals surface area contributed by atoms with Gasteiger partial charge in [0.25, 0.3) is 0 Å². The highest BCUT2D eigenvalue weighted by atomic mass is 35.5. The van der Waals surface area contributed by atoms with E-state index in [2.05, 4.69) is 0 Å². The lowest BCUT2D eigenvalue weighted by atomic mass is 10.0. The summed E-state index contributed by atoms with van der Waals surface area (Å²) in [5.41, 5.74) is 2.20. The lowest BCUT2D eigenvalue weighted by Crippen LogP contribution is -1.85. The molecule has 2 rings (SSSR count). The molecule has 0 atom stereocenters. The molecule has 0 aliphatic rings. The van der Waals surface area contributed by atoms with Gasteiger partial charge in [-0.05, 0) is 17.2 Å². The molecule has 0 radical (unpaired) electrons. The summed E-state index contributed by atoms with van der Waals surface area (Å²) < 4.78 is 13.5. The lowest BCUT2D eigenvalue weighted by Gasteiger charge is -2.05. The van der Waals surface area contributed by atoms with Gasteiger partial charge in [0.05, 0.1) is 0 Å². The van der Waals surface area contributed by atoms with E-state index in [0.29, 0.717) is 5.56 Å². The van der Waals surface area contributed by atoms with Crippen molar-refractivity contribution in [2.75, 3.05) is 0 Å². The number of hydrogen-bond acceptors (Lipinski definition) is 0. The Labute approximate surface area is 104 Å². The predicted molar refractivity (Wildman–Crippen MR) is 66.3 cm³/mol. The molecule has 2 aromatic carbocycles. The highest BCUT2D eigenvalue weighted by Gasteiger charge is 2.06. The summed E-state index contributed by atoms with van der Waals surface area (Å²) in [4.78, 5) is -0.547. The van der Waals surface area contributed by atoms with E-state index in [1.165, 1.54) is 6.07 Å². The van der Waals surface area contributed by atoms with Gasteiger partial charge in [-0.2, -0.15) is 0 Å². The SMILES string of the molecule is Fc1ccccc1-c1ccc(C(Cl)Cl)cc1. The van der Waals surface area contributed by atoms with Crippen LogP contribution in [0.4, 0.5) is 4.39 Å². The van der Waals surface area contributed by atoms with Crippen LogP contribution >= 0.6 is 23.2 Å². The fourth-order valence-electron chi connectivity index (χ4n) is 1.50. The van der Waals surface area contributed by atoms with Crippen molar-refractivity contribution >= 4 is 23.2 Å². The minimum Gasteiger partial charge on any atom is -0.206 e.